The average Bonchev–Trinajstić information content (AvgIpc) is 2.86. The van der Waals surface area contributed by atoms with Gasteiger partial charge in [-0.25, -0.2) is 4.39 Å². The van der Waals surface area contributed by atoms with E-state index in [4.69, 9.17) is 0 Å². The van der Waals surface area contributed by atoms with Crippen LogP contribution in [0.2, 0.25) is 0 Å². The van der Waals surface area contributed by atoms with Crippen LogP contribution in [0, 0.1) is 17.2 Å². The Kier molecular flexibility index (Phi) is 5.20. The number of hydrogen-bond donors (Lipinski definition) is 1. The van der Waals surface area contributed by atoms with Crippen molar-refractivity contribution in [3.63, 3.8) is 0 Å². The molecule has 2 rings (SSSR count). The third-order valence-electron chi connectivity index (χ3n) is 4.85. The van der Waals surface area contributed by atoms with E-state index in [0.717, 1.165) is 12.3 Å². The summed E-state index contributed by atoms with van der Waals surface area (Å²) in [6.07, 6.45) is 7.67. The van der Waals surface area contributed by atoms with Crippen LogP contribution in [0.15, 0.2) is 24.3 Å². The van der Waals surface area contributed by atoms with E-state index in [0.29, 0.717) is 11.5 Å². The van der Waals surface area contributed by atoms with Gasteiger partial charge in [0.25, 0.3) is 0 Å². The normalized spacial score (nSPS) is 19.4. The summed E-state index contributed by atoms with van der Waals surface area (Å²) < 4.78 is 13.0. The van der Waals surface area contributed by atoms with E-state index in [1.165, 1.54) is 37.7 Å². The molecular formula is C18H28FN. The maximum atomic E-state index is 13.0. The predicted octanol–water partition coefficient (Wildman–Crippen LogP) is 4.56. The third-order valence-corrected chi connectivity index (χ3v) is 4.85. The van der Waals surface area contributed by atoms with Crippen LogP contribution >= 0.6 is 0 Å². The smallest absolute Gasteiger partial charge is 0.123 e. The van der Waals surface area contributed by atoms with Crippen LogP contribution in [-0.4, -0.2) is 13.1 Å². The number of hydrogen-bond acceptors (Lipinski definition) is 1. The van der Waals surface area contributed by atoms with Crippen LogP contribution in [0.1, 0.15) is 51.5 Å². The first-order valence-electron chi connectivity index (χ1n) is 7.97. The SMILES string of the molecule is CNC(Cc1ccc(F)cc1)C1(CC(C)C)CCCC1. The molecule has 2 heteroatoms. The van der Waals surface area contributed by atoms with Gasteiger partial charge >= 0.3 is 0 Å². The third kappa shape index (κ3) is 3.60. The van der Waals surface area contributed by atoms with Crippen molar-refractivity contribution < 1.29 is 4.39 Å². The second-order valence-corrected chi connectivity index (χ2v) is 6.84. The van der Waals surface area contributed by atoms with Crippen molar-refractivity contribution in [2.75, 3.05) is 7.05 Å². The molecule has 0 radical (unpaired) electrons. The molecule has 0 heterocycles. The van der Waals surface area contributed by atoms with Gasteiger partial charge in [-0.05, 0) is 61.8 Å². The molecular weight excluding hydrogens is 249 g/mol. The van der Waals surface area contributed by atoms with Crippen molar-refractivity contribution in [2.24, 2.45) is 11.3 Å². The highest BCUT2D eigenvalue weighted by molar-refractivity contribution is 5.18. The molecule has 0 amide bonds. The first-order valence-corrected chi connectivity index (χ1v) is 7.97. The van der Waals surface area contributed by atoms with Gasteiger partial charge in [0.2, 0.25) is 0 Å². The van der Waals surface area contributed by atoms with Gasteiger partial charge in [0, 0.05) is 6.04 Å². The zero-order chi connectivity index (χ0) is 14.6. The highest BCUT2D eigenvalue weighted by Gasteiger charge is 2.40. The minimum absolute atomic E-state index is 0.146. The molecule has 0 bridgehead atoms. The number of nitrogens with one attached hydrogen (secondary N) is 1. The molecule has 0 spiro atoms. The Morgan fingerprint density at radius 2 is 1.75 bits per heavy atom. The lowest BCUT2D eigenvalue weighted by molar-refractivity contribution is 0.160. The van der Waals surface area contributed by atoms with Crippen molar-refractivity contribution >= 4 is 0 Å². The summed E-state index contributed by atoms with van der Waals surface area (Å²) in [7, 11) is 2.08. The van der Waals surface area contributed by atoms with Crippen molar-refractivity contribution in [2.45, 2.75) is 58.4 Å². The molecule has 1 fully saturated rings. The van der Waals surface area contributed by atoms with Gasteiger partial charge in [0.05, 0.1) is 0 Å². The molecule has 1 unspecified atom stereocenters. The summed E-state index contributed by atoms with van der Waals surface area (Å²) in [5.41, 5.74) is 1.66. The molecule has 1 saturated carbocycles. The number of likely N-dealkylation sites (N-methyl/N-ethyl adjacent to an activating group) is 1. The Bertz CT molecular complexity index is 404. The van der Waals surface area contributed by atoms with Crippen LogP contribution in [0.25, 0.3) is 0 Å². The zero-order valence-electron chi connectivity index (χ0n) is 13.1. The molecule has 1 aromatic carbocycles. The van der Waals surface area contributed by atoms with Crippen LogP contribution in [0.5, 0.6) is 0 Å². The average molecular weight is 277 g/mol. The van der Waals surface area contributed by atoms with E-state index in [1.54, 1.807) is 12.1 Å². The molecule has 0 saturated heterocycles. The van der Waals surface area contributed by atoms with E-state index in [1.807, 2.05) is 12.1 Å². The van der Waals surface area contributed by atoms with Gasteiger partial charge in [-0.3, -0.25) is 0 Å². The van der Waals surface area contributed by atoms with Crippen molar-refractivity contribution in [3.05, 3.63) is 35.6 Å². The van der Waals surface area contributed by atoms with Crippen molar-refractivity contribution in [1.82, 2.24) is 5.32 Å². The van der Waals surface area contributed by atoms with E-state index in [-0.39, 0.29) is 5.82 Å². The number of rotatable bonds is 6. The number of halogens is 1. The molecule has 20 heavy (non-hydrogen) atoms. The lowest BCUT2D eigenvalue weighted by atomic mass is 9.71. The maximum absolute atomic E-state index is 13.0. The van der Waals surface area contributed by atoms with E-state index in [9.17, 15) is 4.39 Å². The van der Waals surface area contributed by atoms with E-state index in [2.05, 4.69) is 26.2 Å². The van der Waals surface area contributed by atoms with Crippen LogP contribution in [-0.2, 0) is 6.42 Å². The van der Waals surface area contributed by atoms with Crippen LogP contribution in [0.3, 0.4) is 0 Å². The maximum Gasteiger partial charge on any atom is 0.123 e. The Labute approximate surface area is 123 Å². The monoisotopic (exact) mass is 277 g/mol. The second-order valence-electron chi connectivity index (χ2n) is 6.84. The summed E-state index contributed by atoms with van der Waals surface area (Å²) in [5, 5.41) is 3.56. The van der Waals surface area contributed by atoms with Crippen LogP contribution in [0.4, 0.5) is 4.39 Å². The van der Waals surface area contributed by atoms with Crippen molar-refractivity contribution in [1.29, 1.82) is 0 Å². The largest absolute Gasteiger partial charge is 0.316 e. The Morgan fingerprint density at radius 1 is 1.15 bits per heavy atom. The van der Waals surface area contributed by atoms with Crippen LogP contribution < -0.4 is 5.32 Å². The van der Waals surface area contributed by atoms with Gasteiger partial charge in [-0.2, -0.15) is 0 Å². The molecule has 112 valence electrons. The predicted molar refractivity (Wildman–Crippen MR) is 83.3 cm³/mol. The summed E-state index contributed by atoms with van der Waals surface area (Å²) in [6, 6.07) is 7.51. The van der Waals surface area contributed by atoms with Gasteiger partial charge in [0.1, 0.15) is 5.82 Å². The highest BCUT2D eigenvalue weighted by atomic mass is 19.1. The Balaban J connectivity index is 2.14. The van der Waals surface area contributed by atoms with Crippen molar-refractivity contribution in [3.8, 4) is 0 Å². The van der Waals surface area contributed by atoms with E-state index < -0.39 is 0 Å². The summed E-state index contributed by atoms with van der Waals surface area (Å²) in [4.78, 5) is 0. The molecule has 1 nitrogen and oxygen atoms in total. The topological polar surface area (TPSA) is 12.0 Å². The molecule has 1 aliphatic carbocycles. The fourth-order valence-electron chi connectivity index (χ4n) is 4.07. The second kappa shape index (κ2) is 6.71. The molecule has 1 aromatic rings. The lowest BCUT2D eigenvalue weighted by Crippen LogP contribution is -2.44. The summed E-state index contributed by atoms with van der Waals surface area (Å²) >= 11 is 0. The molecule has 1 atom stereocenters. The molecule has 1 N–H and O–H groups in total. The minimum atomic E-state index is -0.146. The quantitative estimate of drug-likeness (QED) is 0.803. The lowest BCUT2D eigenvalue weighted by Gasteiger charge is -2.39. The summed E-state index contributed by atoms with van der Waals surface area (Å²) in [5.74, 6) is 0.588. The van der Waals surface area contributed by atoms with E-state index >= 15 is 0 Å². The zero-order valence-corrected chi connectivity index (χ0v) is 13.1. The Morgan fingerprint density at radius 3 is 2.25 bits per heavy atom. The fraction of sp³-hybridized carbons (Fsp3) is 0.667. The molecule has 0 aromatic heterocycles. The van der Waals surface area contributed by atoms with Gasteiger partial charge < -0.3 is 5.32 Å². The van der Waals surface area contributed by atoms with Gasteiger partial charge in [0.15, 0.2) is 0 Å². The first kappa shape index (κ1) is 15.5. The fourth-order valence-corrected chi connectivity index (χ4v) is 4.07. The molecule has 0 aliphatic heterocycles. The minimum Gasteiger partial charge on any atom is -0.316 e. The number of benzene rings is 1. The first-order chi connectivity index (χ1) is 9.55. The van der Waals surface area contributed by atoms with Gasteiger partial charge in [-0.1, -0.05) is 38.8 Å². The Hall–Kier alpha value is -0.890. The van der Waals surface area contributed by atoms with Gasteiger partial charge in [-0.15, -0.1) is 0 Å². The highest BCUT2D eigenvalue weighted by Crippen LogP contribution is 2.46. The summed E-state index contributed by atoms with van der Waals surface area (Å²) in [6.45, 7) is 4.65. The molecule has 1 aliphatic rings. The standard InChI is InChI=1S/C18H28FN/c1-14(2)13-18(10-4-5-11-18)17(20-3)12-15-6-8-16(19)9-7-15/h6-9,14,17,20H,4-5,10-13H2,1-3H3.